The maximum atomic E-state index is 12.9. The fourth-order valence-electron chi connectivity index (χ4n) is 4.02. The summed E-state index contributed by atoms with van der Waals surface area (Å²) in [4.78, 5) is 48.1. The Kier molecular flexibility index (Phi) is 7.83. The van der Waals surface area contributed by atoms with Crippen LogP contribution in [0.2, 0.25) is 0 Å². The van der Waals surface area contributed by atoms with Crippen LogP contribution in [0.15, 0.2) is 0 Å². The third-order valence-electron chi connectivity index (χ3n) is 5.90. The molecule has 0 radical (unpaired) electrons. The van der Waals surface area contributed by atoms with Gasteiger partial charge in [0.05, 0.1) is 6.04 Å². The average Bonchev–Trinajstić information content (AvgIpc) is 3.03. The highest BCUT2D eigenvalue weighted by Crippen LogP contribution is 2.44. The molecule has 1 aliphatic carbocycles. The quantitative estimate of drug-likeness (QED) is 0.289. The van der Waals surface area contributed by atoms with E-state index in [1.165, 1.54) is 0 Å². The Bertz CT molecular complexity index is 636. The zero-order valence-corrected chi connectivity index (χ0v) is 17.0. The summed E-state index contributed by atoms with van der Waals surface area (Å²) in [6, 6.07) is -2.01. The smallest absolute Gasteiger partial charge is 0.405 e. The van der Waals surface area contributed by atoms with Crippen LogP contribution in [-0.4, -0.2) is 65.3 Å². The molecule has 1 saturated heterocycles. The number of hydrogen-bond acceptors (Lipinski definition) is 5. The molecule has 10 heteroatoms. The van der Waals surface area contributed by atoms with Crippen molar-refractivity contribution in [1.82, 2.24) is 21.3 Å². The second kappa shape index (κ2) is 9.91. The molecule has 0 aromatic carbocycles. The van der Waals surface area contributed by atoms with Crippen molar-refractivity contribution in [2.45, 2.75) is 70.6 Å². The molecular formula is C19H32N4O6. The van der Waals surface area contributed by atoms with Crippen LogP contribution in [0.5, 0.6) is 0 Å². The first-order valence-corrected chi connectivity index (χ1v) is 10.2. The highest BCUT2D eigenvalue weighted by Gasteiger charge is 2.39. The predicted molar refractivity (Wildman–Crippen MR) is 104 cm³/mol. The van der Waals surface area contributed by atoms with E-state index >= 15 is 0 Å². The van der Waals surface area contributed by atoms with Crippen LogP contribution in [0.4, 0.5) is 4.79 Å². The maximum Gasteiger partial charge on any atom is 0.405 e. The van der Waals surface area contributed by atoms with Gasteiger partial charge >= 0.3 is 6.09 Å². The number of aliphatic hydroxyl groups is 1. The van der Waals surface area contributed by atoms with Gasteiger partial charge in [0.15, 0.2) is 6.10 Å². The number of carboxylic acid groups (broad SMARTS) is 1. The first kappa shape index (κ1) is 22.9. The first-order chi connectivity index (χ1) is 13.6. The summed E-state index contributed by atoms with van der Waals surface area (Å²) in [5, 5.41) is 29.7. The molecule has 1 saturated carbocycles. The highest BCUT2D eigenvalue weighted by molar-refractivity contribution is 5.87. The first-order valence-electron chi connectivity index (χ1n) is 10.2. The van der Waals surface area contributed by atoms with Crippen molar-refractivity contribution in [3.8, 4) is 0 Å². The third-order valence-corrected chi connectivity index (χ3v) is 5.90. The summed E-state index contributed by atoms with van der Waals surface area (Å²) in [7, 11) is 0. The Labute approximate surface area is 170 Å². The van der Waals surface area contributed by atoms with Gasteiger partial charge in [0, 0.05) is 19.0 Å². The molecule has 0 spiro atoms. The summed E-state index contributed by atoms with van der Waals surface area (Å²) in [5.41, 5.74) is -0.122. The molecular weight excluding hydrogens is 380 g/mol. The van der Waals surface area contributed by atoms with Gasteiger partial charge in [0.1, 0.15) is 6.04 Å². The summed E-state index contributed by atoms with van der Waals surface area (Å²) < 4.78 is 0. The van der Waals surface area contributed by atoms with Gasteiger partial charge in [-0.25, -0.2) is 4.79 Å². The molecule has 4 atom stereocenters. The van der Waals surface area contributed by atoms with Gasteiger partial charge < -0.3 is 31.5 Å². The summed E-state index contributed by atoms with van der Waals surface area (Å²) in [6.07, 6.45) is 0.957. The number of hydrogen-bond donors (Lipinski definition) is 6. The van der Waals surface area contributed by atoms with Crippen molar-refractivity contribution in [1.29, 1.82) is 0 Å². The van der Waals surface area contributed by atoms with Crippen LogP contribution in [0.1, 0.15) is 52.4 Å². The Morgan fingerprint density at radius 3 is 2.41 bits per heavy atom. The van der Waals surface area contributed by atoms with E-state index in [4.69, 9.17) is 5.11 Å². The van der Waals surface area contributed by atoms with E-state index in [1.54, 1.807) is 6.92 Å². The Hall–Kier alpha value is -2.36. The molecule has 1 aliphatic heterocycles. The number of aliphatic hydroxyl groups excluding tert-OH is 1. The number of carbonyl (C=O) groups excluding carboxylic acids is 3. The molecule has 0 bridgehead atoms. The summed E-state index contributed by atoms with van der Waals surface area (Å²) >= 11 is 0. The molecule has 2 unspecified atom stereocenters. The number of likely N-dealkylation sites (N-methyl/N-ethyl adjacent to an activating group) is 1. The zero-order chi connectivity index (χ0) is 21.6. The monoisotopic (exact) mass is 412 g/mol. The molecule has 1 heterocycles. The van der Waals surface area contributed by atoms with E-state index in [0.717, 1.165) is 19.3 Å². The van der Waals surface area contributed by atoms with Gasteiger partial charge in [0.25, 0.3) is 5.91 Å². The minimum atomic E-state index is -1.54. The molecule has 2 rings (SSSR count). The molecule has 0 aromatic heterocycles. The largest absolute Gasteiger partial charge is 0.465 e. The van der Waals surface area contributed by atoms with Gasteiger partial charge in [0.2, 0.25) is 11.8 Å². The number of carbonyl (C=O) groups is 4. The fraction of sp³-hybridized carbons (Fsp3) is 0.789. The Morgan fingerprint density at radius 1 is 1.24 bits per heavy atom. The van der Waals surface area contributed by atoms with Crippen LogP contribution in [0, 0.1) is 11.3 Å². The van der Waals surface area contributed by atoms with Gasteiger partial charge in [-0.1, -0.05) is 13.3 Å². The van der Waals surface area contributed by atoms with Gasteiger partial charge in [-0.3, -0.25) is 14.4 Å². The predicted octanol–water partition coefficient (Wildman–Crippen LogP) is -0.289. The maximum absolute atomic E-state index is 12.9. The summed E-state index contributed by atoms with van der Waals surface area (Å²) in [5.74, 6) is -1.87. The lowest BCUT2D eigenvalue weighted by molar-refractivity contribution is -0.134. The number of amides is 4. The van der Waals surface area contributed by atoms with E-state index in [2.05, 4.69) is 21.3 Å². The van der Waals surface area contributed by atoms with Crippen molar-refractivity contribution in [2.24, 2.45) is 11.3 Å². The lowest BCUT2D eigenvalue weighted by atomic mass is 9.67. The Balaban J connectivity index is 2.12. The number of rotatable bonds is 10. The molecule has 2 aliphatic rings. The van der Waals surface area contributed by atoms with Crippen LogP contribution in [0.3, 0.4) is 0 Å². The van der Waals surface area contributed by atoms with Crippen molar-refractivity contribution < 1.29 is 29.4 Å². The van der Waals surface area contributed by atoms with Crippen molar-refractivity contribution in [3.63, 3.8) is 0 Å². The van der Waals surface area contributed by atoms with Gasteiger partial charge in [-0.15, -0.1) is 0 Å². The van der Waals surface area contributed by atoms with Crippen molar-refractivity contribution in [2.75, 3.05) is 13.1 Å². The van der Waals surface area contributed by atoms with Crippen molar-refractivity contribution >= 4 is 23.8 Å². The molecule has 2 fully saturated rings. The van der Waals surface area contributed by atoms with E-state index in [1.807, 2.05) is 6.92 Å². The van der Waals surface area contributed by atoms with Crippen molar-refractivity contribution in [3.05, 3.63) is 0 Å². The van der Waals surface area contributed by atoms with Gasteiger partial charge in [-0.2, -0.15) is 0 Å². The standard InChI is InChI=1S/C19H32N4O6/c1-3-20-17(27)14(24)12(9-11-5-8-21-15(11)25)22-16(26)13(23-18(28)29)10-19(2)6-4-7-19/h11-14,23-24H,3-10H2,1-2H3,(H,20,27)(H,21,25)(H,22,26)(H,28,29)/t11-,12-,13?,14?/m0/s1. The van der Waals surface area contributed by atoms with Crippen LogP contribution in [-0.2, 0) is 14.4 Å². The molecule has 4 amide bonds. The minimum absolute atomic E-state index is 0.0902. The number of nitrogens with one attached hydrogen (secondary N) is 4. The second-order valence-electron chi connectivity index (χ2n) is 8.34. The molecule has 6 N–H and O–H groups in total. The average molecular weight is 412 g/mol. The topological polar surface area (TPSA) is 157 Å². The van der Waals surface area contributed by atoms with E-state index < -0.39 is 42.0 Å². The zero-order valence-electron chi connectivity index (χ0n) is 17.0. The highest BCUT2D eigenvalue weighted by atomic mass is 16.4. The molecule has 164 valence electrons. The SMILES string of the molecule is CCNC(=O)C(O)[C@H](C[C@@H]1CCNC1=O)NC(=O)C(CC1(C)CCC1)NC(=O)O. The second-order valence-corrected chi connectivity index (χ2v) is 8.34. The molecule has 0 aromatic rings. The summed E-state index contributed by atoms with van der Waals surface area (Å²) in [6.45, 7) is 4.52. The van der Waals surface area contributed by atoms with E-state index in [9.17, 15) is 24.3 Å². The third kappa shape index (κ3) is 6.31. The fourth-order valence-corrected chi connectivity index (χ4v) is 4.02. The molecule has 10 nitrogen and oxygen atoms in total. The lowest BCUT2D eigenvalue weighted by Crippen LogP contribution is -2.57. The molecule has 29 heavy (non-hydrogen) atoms. The van der Waals surface area contributed by atoms with Gasteiger partial charge in [-0.05, 0) is 44.4 Å². The van der Waals surface area contributed by atoms with Crippen LogP contribution >= 0.6 is 0 Å². The lowest BCUT2D eigenvalue weighted by Gasteiger charge is -2.40. The van der Waals surface area contributed by atoms with Crippen LogP contribution in [0.25, 0.3) is 0 Å². The minimum Gasteiger partial charge on any atom is -0.465 e. The van der Waals surface area contributed by atoms with Crippen LogP contribution < -0.4 is 21.3 Å². The normalized spacial score (nSPS) is 23.1. The van der Waals surface area contributed by atoms with E-state index in [0.29, 0.717) is 25.9 Å². The van der Waals surface area contributed by atoms with E-state index in [-0.39, 0.29) is 17.7 Å². The Morgan fingerprint density at radius 2 is 1.93 bits per heavy atom.